The lowest BCUT2D eigenvalue weighted by molar-refractivity contribution is -0.129. The van der Waals surface area contributed by atoms with E-state index in [1.807, 2.05) is 53.4 Å². The zero-order chi connectivity index (χ0) is 22.3. The number of hydrogen-bond donors (Lipinski definition) is 2. The van der Waals surface area contributed by atoms with E-state index in [0.29, 0.717) is 45.3 Å². The van der Waals surface area contributed by atoms with E-state index < -0.39 is 0 Å². The number of aryl methyl sites for hydroxylation is 1. The van der Waals surface area contributed by atoms with Crippen LogP contribution in [0, 0.1) is 0 Å². The second-order valence-corrected chi connectivity index (χ2v) is 8.29. The van der Waals surface area contributed by atoms with Crippen molar-refractivity contribution in [1.82, 2.24) is 10.2 Å². The standard InChI is InChI=1S/C25H29N3O4/c29-23(8-5-15-32-20-11-12-21-19(16-20)10-13-24(30)26-21)27-22(18-6-2-1-3-7-18)17-28-14-4-9-25(28)31/h1-3,6-7,11-12,16,22H,4-5,8-10,13-15,17H2,(H,26,30)(H,27,29). The molecule has 0 saturated carbocycles. The number of carbonyl (C=O) groups is 3. The van der Waals surface area contributed by atoms with E-state index in [1.165, 1.54) is 0 Å². The molecule has 2 N–H and O–H groups in total. The van der Waals surface area contributed by atoms with Crippen molar-refractivity contribution < 1.29 is 19.1 Å². The zero-order valence-electron chi connectivity index (χ0n) is 18.1. The van der Waals surface area contributed by atoms with E-state index in [0.717, 1.165) is 35.5 Å². The van der Waals surface area contributed by atoms with Gasteiger partial charge in [0.05, 0.1) is 12.6 Å². The quantitative estimate of drug-likeness (QED) is 0.592. The number of amides is 3. The molecule has 1 atom stereocenters. The van der Waals surface area contributed by atoms with Gasteiger partial charge in [-0.3, -0.25) is 14.4 Å². The Labute approximate surface area is 188 Å². The van der Waals surface area contributed by atoms with Crippen LogP contribution in [0.25, 0.3) is 0 Å². The summed E-state index contributed by atoms with van der Waals surface area (Å²) < 4.78 is 5.82. The van der Waals surface area contributed by atoms with Crippen molar-refractivity contribution in [3.05, 3.63) is 59.7 Å². The summed E-state index contributed by atoms with van der Waals surface area (Å²) in [6, 6.07) is 15.2. The first-order valence-corrected chi connectivity index (χ1v) is 11.3. The summed E-state index contributed by atoms with van der Waals surface area (Å²) >= 11 is 0. The third-order valence-electron chi connectivity index (χ3n) is 5.90. The maximum atomic E-state index is 12.6. The van der Waals surface area contributed by atoms with Gasteiger partial charge in [0.25, 0.3) is 0 Å². The van der Waals surface area contributed by atoms with Crippen LogP contribution in [0.4, 0.5) is 5.69 Å². The SMILES string of the molecule is O=C1CCc2cc(OCCCC(=O)NC(CN3CCCC3=O)c3ccccc3)ccc2N1. The molecule has 4 rings (SSSR count). The number of carbonyl (C=O) groups excluding carboxylic acids is 3. The molecule has 0 radical (unpaired) electrons. The lowest BCUT2D eigenvalue weighted by atomic mass is 10.0. The summed E-state index contributed by atoms with van der Waals surface area (Å²) in [6.45, 7) is 1.67. The maximum absolute atomic E-state index is 12.6. The van der Waals surface area contributed by atoms with Crippen LogP contribution < -0.4 is 15.4 Å². The second kappa shape index (κ2) is 10.3. The second-order valence-electron chi connectivity index (χ2n) is 8.29. The molecule has 3 amide bonds. The van der Waals surface area contributed by atoms with Crippen LogP contribution in [0.5, 0.6) is 5.75 Å². The maximum Gasteiger partial charge on any atom is 0.224 e. The van der Waals surface area contributed by atoms with Crippen LogP contribution in [0.3, 0.4) is 0 Å². The molecule has 1 fully saturated rings. The van der Waals surface area contributed by atoms with Gasteiger partial charge in [0, 0.05) is 38.0 Å². The first-order valence-electron chi connectivity index (χ1n) is 11.3. The number of anilines is 1. The Morgan fingerprint density at radius 3 is 2.72 bits per heavy atom. The normalized spacial score (nSPS) is 16.3. The molecular formula is C25H29N3O4. The van der Waals surface area contributed by atoms with Crippen LogP contribution in [0.2, 0.25) is 0 Å². The molecule has 168 valence electrons. The fourth-order valence-electron chi connectivity index (χ4n) is 4.18. The average Bonchev–Trinajstić information content (AvgIpc) is 3.21. The third-order valence-corrected chi connectivity index (χ3v) is 5.90. The van der Waals surface area contributed by atoms with E-state index in [2.05, 4.69) is 10.6 Å². The van der Waals surface area contributed by atoms with Crippen molar-refractivity contribution in [2.24, 2.45) is 0 Å². The highest BCUT2D eigenvalue weighted by atomic mass is 16.5. The molecule has 2 aliphatic heterocycles. The molecule has 7 heteroatoms. The smallest absolute Gasteiger partial charge is 0.224 e. The average molecular weight is 436 g/mol. The fraction of sp³-hybridized carbons (Fsp3) is 0.400. The molecule has 2 heterocycles. The summed E-state index contributed by atoms with van der Waals surface area (Å²) in [6.07, 6.45) is 3.59. The van der Waals surface area contributed by atoms with E-state index in [-0.39, 0.29) is 23.8 Å². The Hall–Kier alpha value is -3.35. The molecule has 1 saturated heterocycles. The molecule has 0 spiro atoms. The first kappa shape index (κ1) is 21.9. The van der Waals surface area contributed by atoms with E-state index >= 15 is 0 Å². The van der Waals surface area contributed by atoms with Gasteiger partial charge in [-0.05, 0) is 48.6 Å². The Morgan fingerprint density at radius 2 is 1.94 bits per heavy atom. The minimum absolute atomic E-state index is 0.0417. The Balaban J connectivity index is 1.26. The summed E-state index contributed by atoms with van der Waals surface area (Å²) in [7, 11) is 0. The number of benzene rings is 2. The number of fused-ring (bicyclic) bond motifs is 1. The Bertz CT molecular complexity index is 976. The zero-order valence-corrected chi connectivity index (χ0v) is 18.1. The van der Waals surface area contributed by atoms with Gasteiger partial charge >= 0.3 is 0 Å². The summed E-state index contributed by atoms with van der Waals surface area (Å²) in [5.74, 6) is 0.885. The molecule has 2 aromatic carbocycles. The van der Waals surface area contributed by atoms with Gasteiger partial charge in [0.1, 0.15) is 5.75 Å². The molecule has 32 heavy (non-hydrogen) atoms. The number of nitrogens with one attached hydrogen (secondary N) is 2. The van der Waals surface area contributed by atoms with Gasteiger partial charge in [0.15, 0.2) is 0 Å². The van der Waals surface area contributed by atoms with Gasteiger partial charge < -0.3 is 20.3 Å². The number of hydrogen-bond acceptors (Lipinski definition) is 4. The van der Waals surface area contributed by atoms with Crippen molar-refractivity contribution >= 4 is 23.4 Å². The van der Waals surface area contributed by atoms with Crippen molar-refractivity contribution in [3.8, 4) is 5.75 Å². The van der Waals surface area contributed by atoms with Gasteiger partial charge in [0.2, 0.25) is 17.7 Å². The topological polar surface area (TPSA) is 87.7 Å². The van der Waals surface area contributed by atoms with Crippen LogP contribution in [-0.2, 0) is 20.8 Å². The van der Waals surface area contributed by atoms with Crippen molar-refractivity contribution in [2.75, 3.05) is 25.0 Å². The molecule has 1 unspecified atom stereocenters. The lowest BCUT2D eigenvalue weighted by Gasteiger charge is -2.25. The number of ether oxygens (including phenoxy) is 1. The molecule has 0 aromatic heterocycles. The fourth-order valence-corrected chi connectivity index (χ4v) is 4.18. The highest BCUT2D eigenvalue weighted by Gasteiger charge is 2.25. The number of likely N-dealkylation sites (tertiary alicyclic amines) is 1. The molecule has 2 aliphatic rings. The van der Waals surface area contributed by atoms with E-state index in [9.17, 15) is 14.4 Å². The molecule has 0 aliphatic carbocycles. The van der Waals surface area contributed by atoms with Gasteiger partial charge in [-0.25, -0.2) is 0 Å². The van der Waals surface area contributed by atoms with Crippen molar-refractivity contribution in [2.45, 2.75) is 44.6 Å². The molecular weight excluding hydrogens is 406 g/mol. The van der Waals surface area contributed by atoms with Crippen molar-refractivity contribution in [1.29, 1.82) is 0 Å². The number of rotatable bonds is 9. The van der Waals surface area contributed by atoms with Crippen LogP contribution >= 0.6 is 0 Å². The lowest BCUT2D eigenvalue weighted by Crippen LogP contribution is -2.38. The Kier molecular flexibility index (Phi) is 7.04. The highest BCUT2D eigenvalue weighted by molar-refractivity contribution is 5.94. The number of nitrogens with zero attached hydrogens (tertiary/aromatic N) is 1. The van der Waals surface area contributed by atoms with Gasteiger partial charge in [-0.15, -0.1) is 0 Å². The van der Waals surface area contributed by atoms with Crippen LogP contribution in [0.1, 0.15) is 49.3 Å². The van der Waals surface area contributed by atoms with Crippen molar-refractivity contribution in [3.63, 3.8) is 0 Å². The first-order chi connectivity index (χ1) is 15.6. The Morgan fingerprint density at radius 1 is 1.09 bits per heavy atom. The van der Waals surface area contributed by atoms with Gasteiger partial charge in [-0.1, -0.05) is 30.3 Å². The predicted molar refractivity (Wildman–Crippen MR) is 121 cm³/mol. The largest absolute Gasteiger partial charge is 0.494 e. The van der Waals surface area contributed by atoms with E-state index in [1.54, 1.807) is 0 Å². The van der Waals surface area contributed by atoms with Gasteiger partial charge in [-0.2, -0.15) is 0 Å². The summed E-state index contributed by atoms with van der Waals surface area (Å²) in [5.41, 5.74) is 2.91. The highest BCUT2D eigenvalue weighted by Crippen LogP contribution is 2.27. The summed E-state index contributed by atoms with van der Waals surface area (Å²) in [5, 5.41) is 5.95. The van der Waals surface area contributed by atoms with Crippen LogP contribution in [-0.4, -0.2) is 42.3 Å². The third kappa shape index (κ3) is 5.66. The van der Waals surface area contributed by atoms with E-state index in [4.69, 9.17) is 4.74 Å². The minimum atomic E-state index is -0.220. The molecule has 2 aromatic rings. The molecule has 0 bridgehead atoms. The monoisotopic (exact) mass is 435 g/mol. The minimum Gasteiger partial charge on any atom is -0.494 e. The predicted octanol–water partition coefficient (Wildman–Crippen LogP) is 3.21. The van der Waals surface area contributed by atoms with Crippen LogP contribution in [0.15, 0.2) is 48.5 Å². The molecule has 7 nitrogen and oxygen atoms in total. The summed E-state index contributed by atoms with van der Waals surface area (Å²) in [4.78, 5) is 38.0.